The van der Waals surface area contributed by atoms with Gasteiger partial charge in [0.2, 0.25) is 0 Å². The molecule has 0 aromatic rings. The molecule has 0 heterocycles. The summed E-state index contributed by atoms with van der Waals surface area (Å²) in [6, 6.07) is 0. The van der Waals surface area contributed by atoms with Crippen molar-refractivity contribution in [3.63, 3.8) is 0 Å². The Morgan fingerprint density at radius 3 is 2.38 bits per heavy atom. The van der Waals surface area contributed by atoms with Crippen LogP contribution in [0.5, 0.6) is 0 Å². The van der Waals surface area contributed by atoms with Gasteiger partial charge in [-0.3, -0.25) is 4.79 Å². The summed E-state index contributed by atoms with van der Waals surface area (Å²) in [6.07, 6.45) is 14.1. The van der Waals surface area contributed by atoms with Gasteiger partial charge in [0, 0.05) is 19.6 Å². The number of hydrogen-bond donors (Lipinski definition) is 1. The zero-order valence-electron chi connectivity index (χ0n) is 16.1. The molecule has 0 fully saturated rings. The first-order valence-corrected chi connectivity index (χ1v) is 9.58. The number of unbranched alkanes of at least 4 members (excludes halogenated alkanes) is 6. The highest BCUT2D eigenvalue weighted by molar-refractivity contribution is 5.79. The molecule has 3 nitrogen and oxygen atoms in total. The van der Waals surface area contributed by atoms with E-state index in [0.29, 0.717) is 6.61 Å². The van der Waals surface area contributed by atoms with Crippen LogP contribution in [-0.4, -0.2) is 24.8 Å². The minimum Gasteiger partial charge on any atom is -0.481 e. The highest BCUT2D eigenvalue weighted by Gasteiger charge is 2.45. The van der Waals surface area contributed by atoms with E-state index in [1.807, 2.05) is 13.0 Å². The summed E-state index contributed by atoms with van der Waals surface area (Å²) >= 11 is 0. The third kappa shape index (κ3) is 5.77. The Kier molecular flexibility index (Phi) is 9.35. The van der Waals surface area contributed by atoms with Crippen LogP contribution < -0.4 is 0 Å². The Morgan fingerprint density at radius 1 is 1.17 bits per heavy atom. The van der Waals surface area contributed by atoms with Crippen LogP contribution in [0.3, 0.4) is 0 Å². The van der Waals surface area contributed by atoms with Crippen LogP contribution in [0.15, 0.2) is 23.3 Å². The summed E-state index contributed by atoms with van der Waals surface area (Å²) in [5.74, 6) is -0.639. The molecule has 2 atom stereocenters. The second-order valence-corrected chi connectivity index (χ2v) is 7.33. The van der Waals surface area contributed by atoms with Gasteiger partial charge in [0.05, 0.1) is 5.41 Å². The summed E-state index contributed by atoms with van der Waals surface area (Å²) in [5.41, 5.74) is 1.49. The van der Waals surface area contributed by atoms with Gasteiger partial charge < -0.3 is 9.84 Å². The van der Waals surface area contributed by atoms with Crippen molar-refractivity contribution in [1.29, 1.82) is 0 Å². The first-order chi connectivity index (χ1) is 11.5. The lowest BCUT2D eigenvalue weighted by molar-refractivity contribution is -0.149. The molecule has 1 aliphatic carbocycles. The smallest absolute Gasteiger partial charge is 0.314 e. The van der Waals surface area contributed by atoms with E-state index in [2.05, 4.69) is 19.9 Å². The maximum Gasteiger partial charge on any atom is 0.314 e. The van der Waals surface area contributed by atoms with Crippen molar-refractivity contribution in [1.82, 2.24) is 0 Å². The molecule has 0 bridgehead atoms. The molecule has 0 saturated carbocycles. The number of hydrogen-bond acceptors (Lipinski definition) is 2. The predicted octanol–water partition coefficient (Wildman–Crippen LogP) is 5.76. The van der Waals surface area contributed by atoms with Gasteiger partial charge in [-0.25, -0.2) is 0 Å². The number of carbonyl (C=O) groups is 1. The molecule has 0 saturated heterocycles. The normalized spacial score (nSPS) is 23.8. The fraction of sp³-hybridized carbons (Fsp3) is 0.762. The summed E-state index contributed by atoms with van der Waals surface area (Å²) in [4.78, 5) is 12.2. The Hall–Kier alpha value is -1.09. The molecule has 138 valence electrons. The van der Waals surface area contributed by atoms with Crippen molar-refractivity contribution < 1.29 is 14.6 Å². The van der Waals surface area contributed by atoms with Crippen molar-refractivity contribution in [3.05, 3.63) is 23.3 Å². The SMILES string of the molecule is CCCCCCCCCC1(C(=O)O)C=C(C)C=C(C)C1CCOC. The lowest BCUT2D eigenvalue weighted by Gasteiger charge is -2.39. The number of methoxy groups -OCH3 is 1. The van der Waals surface area contributed by atoms with E-state index in [1.54, 1.807) is 7.11 Å². The first-order valence-electron chi connectivity index (χ1n) is 9.58. The van der Waals surface area contributed by atoms with Gasteiger partial charge in [-0.1, -0.05) is 75.2 Å². The van der Waals surface area contributed by atoms with Gasteiger partial charge in [-0.2, -0.15) is 0 Å². The zero-order chi connectivity index (χ0) is 18.0. The fourth-order valence-corrected chi connectivity index (χ4v) is 4.07. The van der Waals surface area contributed by atoms with Crippen molar-refractivity contribution >= 4 is 5.97 Å². The number of rotatable bonds is 12. The summed E-state index contributed by atoms with van der Waals surface area (Å²) in [5, 5.41) is 10.1. The van der Waals surface area contributed by atoms with Crippen molar-refractivity contribution in [2.45, 2.75) is 78.6 Å². The molecule has 0 amide bonds. The van der Waals surface area contributed by atoms with E-state index >= 15 is 0 Å². The van der Waals surface area contributed by atoms with E-state index < -0.39 is 11.4 Å². The number of ether oxygens (including phenoxy) is 1. The average Bonchev–Trinajstić information content (AvgIpc) is 2.52. The van der Waals surface area contributed by atoms with E-state index in [9.17, 15) is 9.90 Å². The molecular formula is C21H36O3. The lowest BCUT2D eigenvalue weighted by Crippen LogP contribution is -2.40. The van der Waals surface area contributed by atoms with Crippen LogP contribution in [0, 0.1) is 11.3 Å². The van der Waals surface area contributed by atoms with Crippen LogP contribution in [0.1, 0.15) is 78.6 Å². The van der Waals surface area contributed by atoms with Gasteiger partial charge in [-0.15, -0.1) is 0 Å². The first kappa shape index (κ1) is 21.0. The summed E-state index contributed by atoms with van der Waals surface area (Å²) in [6.45, 7) is 6.91. The molecular weight excluding hydrogens is 300 g/mol. The number of allylic oxidation sites excluding steroid dienone is 3. The molecule has 0 aromatic carbocycles. The molecule has 0 spiro atoms. The molecule has 0 aromatic heterocycles. The fourth-order valence-electron chi connectivity index (χ4n) is 4.07. The standard InChI is InChI=1S/C21H36O3/c1-5-6-7-8-9-10-11-13-21(20(22)23)16-17(2)15-18(3)19(21)12-14-24-4/h15-16,19H,5-14H2,1-4H3,(H,22,23). The van der Waals surface area contributed by atoms with E-state index in [0.717, 1.165) is 31.3 Å². The average molecular weight is 337 g/mol. The van der Waals surface area contributed by atoms with E-state index in [1.165, 1.54) is 37.7 Å². The minimum absolute atomic E-state index is 0.0405. The van der Waals surface area contributed by atoms with Crippen LogP contribution in [0.25, 0.3) is 0 Å². The molecule has 1 N–H and O–H groups in total. The van der Waals surface area contributed by atoms with E-state index in [4.69, 9.17) is 4.74 Å². The quantitative estimate of drug-likeness (QED) is 0.461. The van der Waals surface area contributed by atoms with Crippen molar-refractivity contribution in [2.75, 3.05) is 13.7 Å². The third-order valence-electron chi connectivity index (χ3n) is 5.31. The minimum atomic E-state index is -0.759. The maximum atomic E-state index is 12.2. The third-order valence-corrected chi connectivity index (χ3v) is 5.31. The van der Waals surface area contributed by atoms with Crippen LogP contribution >= 0.6 is 0 Å². The molecule has 2 unspecified atom stereocenters. The van der Waals surface area contributed by atoms with Gasteiger partial charge in [0.25, 0.3) is 0 Å². The van der Waals surface area contributed by atoms with Gasteiger partial charge in [0.1, 0.15) is 0 Å². The molecule has 0 radical (unpaired) electrons. The number of aliphatic carboxylic acids is 1. The zero-order valence-corrected chi connectivity index (χ0v) is 16.1. The highest BCUT2D eigenvalue weighted by Crippen LogP contribution is 2.45. The van der Waals surface area contributed by atoms with Gasteiger partial charge >= 0.3 is 5.97 Å². The highest BCUT2D eigenvalue weighted by atomic mass is 16.5. The van der Waals surface area contributed by atoms with Crippen molar-refractivity contribution in [2.24, 2.45) is 11.3 Å². The monoisotopic (exact) mass is 336 g/mol. The molecule has 24 heavy (non-hydrogen) atoms. The second-order valence-electron chi connectivity index (χ2n) is 7.33. The Bertz CT molecular complexity index is 450. The van der Waals surface area contributed by atoms with Crippen molar-refractivity contribution in [3.8, 4) is 0 Å². The predicted molar refractivity (Wildman–Crippen MR) is 100 cm³/mol. The Balaban J connectivity index is 2.72. The second kappa shape index (κ2) is 10.7. The molecule has 0 aliphatic heterocycles. The van der Waals surface area contributed by atoms with E-state index in [-0.39, 0.29) is 5.92 Å². The Morgan fingerprint density at radius 2 is 1.79 bits per heavy atom. The van der Waals surface area contributed by atoms with Crippen LogP contribution in [-0.2, 0) is 9.53 Å². The number of carboxylic acids is 1. The van der Waals surface area contributed by atoms with Gasteiger partial charge in [-0.05, 0) is 26.7 Å². The molecule has 3 heteroatoms. The molecule has 1 rings (SSSR count). The number of carboxylic acid groups (broad SMARTS) is 1. The topological polar surface area (TPSA) is 46.5 Å². The summed E-state index contributed by atoms with van der Waals surface area (Å²) < 4.78 is 5.23. The van der Waals surface area contributed by atoms with Crippen LogP contribution in [0.4, 0.5) is 0 Å². The lowest BCUT2D eigenvalue weighted by atomic mass is 9.64. The Labute approximate surface area is 148 Å². The summed E-state index contributed by atoms with van der Waals surface area (Å²) in [7, 11) is 1.68. The molecule has 1 aliphatic rings. The maximum absolute atomic E-state index is 12.2. The van der Waals surface area contributed by atoms with Gasteiger partial charge in [0.15, 0.2) is 0 Å². The largest absolute Gasteiger partial charge is 0.481 e. The van der Waals surface area contributed by atoms with Crippen LogP contribution in [0.2, 0.25) is 0 Å².